The normalized spacial score (nSPS) is 14.6. The van der Waals surface area contributed by atoms with E-state index in [-0.39, 0.29) is 5.41 Å². The molecule has 0 unspecified atom stereocenters. The summed E-state index contributed by atoms with van der Waals surface area (Å²) >= 11 is 0. The highest BCUT2D eigenvalue weighted by Gasteiger charge is 2.20. The van der Waals surface area contributed by atoms with Gasteiger partial charge in [0.05, 0.1) is 6.04 Å². The molecule has 1 heteroatoms. The zero-order valence-electron chi connectivity index (χ0n) is 11.2. The molecule has 84 valence electrons. The second-order valence-corrected chi connectivity index (χ2v) is 5.94. The number of hydrogen-bond acceptors (Lipinski definition) is 1. The third-order valence-electron chi connectivity index (χ3n) is 2.79. The lowest BCUT2D eigenvalue weighted by atomic mass is 9.88. The quantitative estimate of drug-likeness (QED) is 0.602. The Hall–Kier alpha value is -0.330. The molecule has 0 aromatic heterocycles. The summed E-state index contributed by atoms with van der Waals surface area (Å²) in [5.41, 5.74) is 1.48. The highest BCUT2D eigenvalue weighted by atomic mass is 14.8. The molecule has 0 spiro atoms. The topological polar surface area (TPSA) is 12.4 Å². The van der Waals surface area contributed by atoms with Gasteiger partial charge in [0.2, 0.25) is 0 Å². The predicted molar refractivity (Wildman–Crippen MR) is 66.0 cm³/mol. The highest BCUT2D eigenvalue weighted by Crippen LogP contribution is 2.21. The Morgan fingerprint density at radius 1 is 0.929 bits per heavy atom. The highest BCUT2D eigenvalue weighted by molar-refractivity contribution is 5.87. The number of nitrogens with zero attached hydrogens (tertiary/aromatic N) is 1. The van der Waals surface area contributed by atoms with Crippen molar-refractivity contribution in [2.24, 2.45) is 22.2 Å². The summed E-state index contributed by atoms with van der Waals surface area (Å²) < 4.78 is 0. The Bertz CT molecular complexity index is 186. The summed E-state index contributed by atoms with van der Waals surface area (Å²) in [5, 5.41) is 0. The lowest BCUT2D eigenvalue weighted by Crippen LogP contribution is -2.25. The first kappa shape index (κ1) is 13.7. The van der Waals surface area contributed by atoms with Gasteiger partial charge in [-0.05, 0) is 24.2 Å². The van der Waals surface area contributed by atoms with Crippen molar-refractivity contribution in [1.29, 1.82) is 0 Å². The molecule has 0 aromatic carbocycles. The Labute approximate surface area is 90.0 Å². The maximum Gasteiger partial charge on any atom is 0.0544 e. The zero-order chi connectivity index (χ0) is 11.5. The summed E-state index contributed by atoms with van der Waals surface area (Å²) in [6, 6.07) is 0.467. The molecule has 14 heavy (non-hydrogen) atoms. The third kappa shape index (κ3) is 4.26. The van der Waals surface area contributed by atoms with Gasteiger partial charge in [0, 0.05) is 5.71 Å². The van der Waals surface area contributed by atoms with Gasteiger partial charge in [-0.1, -0.05) is 48.5 Å². The molecular weight excluding hydrogens is 170 g/mol. The average molecular weight is 197 g/mol. The molecule has 0 aliphatic heterocycles. The monoisotopic (exact) mass is 197 g/mol. The van der Waals surface area contributed by atoms with Crippen LogP contribution in [-0.4, -0.2) is 11.8 Å². The molecule has 0 saturated carbocycles. The van der Waals surface area contributed by atoms with Crippen LogP contribution in [0.4, 0.5) is 0 Å². The maximum atomic E-state index is 4.86. The Balaban J connectivity index is 4.74. The van der Waals surface area contributed by atoms with E-state index in [0.717, 1.165) is 0 Å². The Morgan fingerprint density at radius 2 is 1.29 bits per heavy atom. The van der Waals surface area contributed by atoms with E-state index in [9.17, 15) is 0 Å². The minimum Gasteiger partial charge on any atom is -0.290 e. The van der Waals surface area contributed by atoms with Gasteiger partial charge in [-0.3, -0.25) is 4.99 Å². The van der Waals surface area contributed by atoms with Crippen molar-refractivity contribution < 1.29 is 0 Å². The summed E-state index contributed by atoms with van der Waals surface area (Å²) in [4.78, 5) is 4.86. The fourth-order valence-corrected chi connectivity index (χ4v) is 1.49. The van der Waals surface area contributed by atoms with Crippen LogP contribution in [0.5, 0.6) is 0 Å². The van der Waals surface area contributed by atoms with Crippen LogP contribution in [0.25, 0.3) is 0 Å². The van der Waals surface area contributed by atoms with Crippen LogP contribution in [0, 0.1) is 17.3 Å². The molecule has 0 radical (unpaired) electrons. The smallest absolute Gasteiger partial charge is 0.0544 e. The summed E-state index contributed by atoms with van der Waals surface area (Å²) in [5.74, 6) is 1.26. The lowest BCUT2D eigenvalue weighted by Gasteiger charge is -2.25. The van der Waals surface area contributed by atoms with Crippen LogP contribution in [0.2, 0.25) is 0 Å². The SMILES string of the molecule is CC(=NC(C(C)C)C(C)C)C(C)(C)C. The summed E-state index contributed by atoms with van der Waals surface area (Å²) in [6.07, 6.45) is 0. The first-order chi connectivity index (χ1) is 6.16. The molecule has 0 aliphatic carbocycles. The predicted octanol–water partition coefficient (Wildman–Crippen LogP) is 4.17. The van der Waals surface area contributed by atoms with E-state index in [1.165, 1.54) is 5.71 Å². The second-order valence-electron chi connectivity index (χ2n) is 5.94. The van der Waals surface area contributed by atoms with Crippen LogP contribution in [0.1, 0.15) is 55.4 Å². The molecule has 0 rings (SSSR count). The summed E-state index contributed by atoms with van der Waals surface area (Å²) in [7, 11) is 0. The molecule has 1 nitrogen and oxygen atoms in total. The van der Waals surface area contributed by atoms with Crippen LogP contribution >= 0.6 is 0 Å². The van der Waals surface area contributed by atoms with Gasteiger partial charge < -0.3 is 0 Å². The van der Waals surface area contributed by atoms with Gasteiger partial charge in [0.25, 0.3) is 0 Å². The molecule has 0 amide bonds. The van der Waals surface area contributed by atoms with Crippen molar-refractivity contribution >= 4 is 5.71 Å². The van der Waals surface area contributed by atoms with E-state index >= 15 is 0 Å². The van der Waals surface area contributed by atoms with Crippen LogP contribution in [0.3, 0.4) is 0 Å². The standard InChI is InChI=1S/C13H27N/c1-9(2)12(10(3)4)14-11(5)13(6,7)8/h9-10,12H,1-8H3. The molecule has 0 atom stereocenters. The number of aliphatic imine (C=N–C) groups is 1. The largest absolute Gasteiger partial charge is 0.290 e. The van der Waals surface area contributed by atoms with Crippen molar-refractivity contribution in [3.05, 3.63) is 0 Å². The molecule has 0 heterocycles. The molecule has 0 fully saturated rings. The van der Waals surface area contributed by atoms with Gasteiger partial charge >= 0.3 is 0 Å². The van der Waals surface area contributed by atoms with Crippen LogP contribution in [0.15, 0.2) is 4.99 Å². The first-order valence-corrected chi connectivity index (χ1v) is 5.71. The van der Waals surface area contributed by atoms with Crippen molar-refractivity contribution in [2.45, 2.75) is 61.4 Å². The van der Waals surface area contributed by atoms with Crippen molar-refractivity contribution in [3.8, 4) is 0 Å². The fraction of sp³-hybridized carbons (Fsp3) is 0.923. The van der Waals surface area contributed by atoms with Crippen LogP contribution in [-0.2, 0) is 0 Å². The average Bonchev–Trinajstić information content (AvgIpc) is 1.96. The molecule has 0 saturated heterocycles. The van der Waals surface area contributed by atoms with Crippen LogP contribution < -0.4 is 0 Å². The van der Waals surface area contributed by atoms with E-state index in [0.29, 0.717) is 17.9 Å². The Morgan fingerprint density at radius 3 is 1.50 bits per heavy atom. The van der Waals surface area contributed by atoms with Gasteiger partial charge in [-0.2, -0.15) is 0 Å². The second kappa shape index (κ2) is 4.95. The number of rotatable bonds is 3. The lowest BCUT2D eigenvalue weighted by molar-refractivity contribution is 0.384. The van der Waals surface area contributed by atoms with Gasteiger partial charge in [-0.15, -0.1) is 0 Å². The van der Waals surface area contributed by atoms with E-state index in [1.807, 2.05) is 0 Å². The minimum absolute atomic E-state index is 0.210. The minimum atomic E-state index is 0.210. The van der Waals surface area contributed by atoms with E-state index in [4.69, 9.17) is 4.99 Å². The van der Waals surface area contributed by atoms with Crippen molar-refractivity contribution in [3.63, 3.8) is 0 Å². The molecular formula is C13H27N. The molecule has 0 N–H and O–H groups in total. The van der Waals surface area contributed by atoms with E-state index in [2.05, 4.69) is 55.4 Å². The number of hydrogen-bond donors (Lipinski definition) is 0. The molecule has 0 aromatic rings. The Kier molecular flexibility index (Phi) is 4.83. The molecule has 0 bridgehead atoms. The zero-order valence-corrected chi connectivity index (χ0v) is 11.2. The van der Waals surface area contributed by atoms with Crippen molar-refractivity contribution in [1.82, 2.24) is 0 Å². The molecule has 0 aliphatic rings. The maximum absolute atomic E-state index is 4.86. The van der Waals surface area contributed by atoms with E-state index in [1.54, 1.807) is 0 Å². The van der Waals surface area contributed by atoms with Gasteiger partial charge in [0.1, 0.15) is 0 Å². The first-order valence-electron chi connectivity index (χ1n) is 5.71. The van der Waals surface area contributed by atoms with Gasteiger partial charge in [0.15, 0.2) is 0 Å². The summed E-state index contributed by atoms with van der Waals surface area (Å²) in [6.45, 7) is 17.8. The third-order valence-corrected chi connectivity index (χ3v) is 2.79. The van der Waals surface area contributed by atoms with Crippen molar-refractivity contribution in [2.75, 3.05) is 0 Å². The van der Waals surface area contributed by atoms with Gasteiger partial charge in [-0.25, -0.2) is 0 Å². The van der Waals surface area contributed by atoms with E-state index < -0.39 is 0 Å². The fourth-order valence-electron chi connectivity index (χ4n) is 1.49.